The van der Waals surface area contributed by atoms with Gasteiger partial charge in [0.05, 0.1) is 22.3 Å². The fourth-order valence-corrected chi connectivity index (χ4v) is 4.82. The highest BCUT2D eigenvalue weighted by Crippen LogP contribution is 2.31. The van der Waals surface area contributed by atoms with E-state index in [0.29, 0.717) is 22.8 Å². The smallest absolute Gasteiger partial charge is 0.245 e. The number of aromatic nitrogens is 7. The second-order valence-corrected chi connectivity index (χ2v) is 9.23. The molecule has 6 rings (SSSR count). The van der Waals surface area contributed by atoms with E-state index in [1.54, 1.807) is 28.7 Å². The first-order chi connectivity index (χ1) is 18.6. The summed E-state index contributed by atoms with van der Waals surface area (Å²) in [5.41, 5.74) is 5.80. The molecule has 3 heterocycles. The van der Waals surface area contributed by atoms with Gasteiger partial charge in [-0.2, -0.15) is 4.68 Å². The standard InChI is InChI=1S/C28H22ClFN7O/c1-38-37-16-19(22-14-20(29)8-12-26(22)36-17-31-34-35-36)7-11-27(37)23(13-18-5-3-2-4-6-18)28-32-24-10-9-21(30)15-25(24)33-28/h2-12,14-17,23H,13H2,1H3,(H,32,33)/q+1. The molecule has 38 heavy (non-hydrogen) atoms. The number of halogens is 2. The summed E-state index contributed by atoms with van der Waals surface area (Å²) in [5, 5.41) is 12.1. The maximum atomic E-state index is 13.9. The molecule has 3 aromatic heterocycles. The van der Waals surface area contributed by atoms with E-state index in [4.69, 9.17) is 21.4 Å². The zero-order chi connectivity index (χ0) is 26.1. The number of rotatable bonds is 7. The van der Waals surface area contributed by atoms with Crippen molar-refractivity contribution < 1.29 is 14.0 Å². The predicted molar refractivity (Wildman–Crippen MR) is 140 cm³/mol. The molecule has 0 spiro atoms. The Morgan fingerprint density at radius 2 is 1.92 bits per heavy atom. The van der Waals surface area contributed by atoms with E-state index in [0.717, 1.165) is 33.6 Å². The van der Waals surface area contributed by atoms with Gasteiger partial charge in [-0.3, -0.25) is 4.84 Å². The van der Waals surface area contributed by atoms with Gasteiger partial charge < -0.3 is 4.98 Å². The van der Waals surface area contributed by atoms with E-state index in [9.17, 15) is 4.39 Å². The number of H-pyrrole nitrogens is 1. The van der Waals surface area contributed by atoms with Gasteiger partial charge >= 0.3 is 0 Å². The number of nitrogens with zero attached hydrogens (tertiary/aromatic N) is 6. The molecule has 188 valence electrons. The van der Waals surface area contributed by atoms with Gasteiger partial charge in [-0.15, -0.1) is 5.10 Å². The Morgan fingerprint density at radius 1 is 1.05 bits per heavy atom. The highest BCUT2D eigenvalue weighted by Gasteiger charge is 2.30. The molecule has 1 unspecified atom stereocenters. The lowest BCUT2D eigenvalue weighted by atomic mass is 9.94. The van der Waals surface area contributed by atoms with Gasteiger partial charge in [0.1, 0.15) is 31.0 Å². The van der Waals surface area contributed by atoms with Crippen molar-refractivity contribution in [2.45, 2.75) is 12.3 Å². The summed E-state index contributed by atoms with van der Waals surface area (Å²) in [6, 6.07) is 24.2. The van der Waals surface area contributed by atoms with E-state index >= 15 is 0 Å². The van der Waals surface area contributed by atoms with Crippen LogP contribution in [0.2, 0.25) is 5.02 Å². The van der Waals surface area contributed by atoms with Gasteiger partial charge in [0.15, 0.2) is 0 Å². The molecule has 0 aliphatic carbocycles. The first-order valence-corrected chi connectivity index (χ1v) is 12.3. The summed E-state index contributed by atoms with van der Waals surface area (Å²) in [6.45, 7) is 0. The van der Waals surface area contributed by atoms with E-state index in [2.05, 4.69) is 32.6 Å². The highest BCUT2D eigenvalue weighted by molar-refractivity contribution is 6.31. The largest absolute Gasteiger partial charge is 0.341 e. The van der Waals surface area contributed by atoms with Crippen LogP contribution in [0.5, 0.6) is 0 Å². The highest BCUT2D eigenvalue weighted by atomic mass is 35.5. The third-order valence-corrected chi connectivity index (χ3v) is 6.67. The van der Waals surface area contributed by atoms with Gasteiger partial charge in [-0.1, -0.05) is 41.9 Å². The predicted octanol–water partition coefficient (Wildman–Crippen LogP) is 4.72. The van der Waals surface area contributed by atoms with Crippen LogP contribution in [0.3, 0.4) is 0 Å². The number of nitrogens with one attached hydrogen (secondary N) is 1. The molecular formula is C28H22ClFN7O+. The number of hydrogen-bond acceptors (Lipinski definition) is 5. The Kier molecular flexibility index (Phi) is 6.27. The number of fused-ring (bicyclic) bond motifs is 1. The lowest BCUT2D eigenvalue weighted by molar-refractivity contribution is -0.890. The van der Waals surface area contributed by atoms with Crippen LogP contribution in [0.1, 0.15) is 23.0 Å². The van der Waals surface area contributed by atoms with Crippen LogP contribution in [0.15, 0.2) is 91.4 Å². The van der Waals surface area contributed by atoms with Gasteiger partial charge in [-0.05, 0) is 58.8 Å². The van der Waals surface area contributed by atoms with Crippen LogP contribution in [0.4, 0.5) is 4.39 Å². The minimum absolute atomic E-state index is 0.208. The van der Waals surface area contributed by atoms with E-state index in [1.807, 2.05) is 48.7 Å². The minimum Gasteiger partial charge on any atom is -0.341 e. The molecule has 0 saturated carbocycles. The Morgan fingerprint density at radius 3 is 2.71 bits per heavy atom. The summed E-state index contributed by atoms with van der Waals surface area (Å²) in [6.07, 6.45) is 4.08. The number of imidazole rings is 1. The molecule has 8 nitrogen and oxygen atoms in total. The van der Waals surface area contributed by atoms with Crippen LogP contribution in [0, 0.1) is 5.82 Å². The number of hydrogen-bond donors (Lipinski definition) is 1. The average Bonchev–Trinajstić information content (AvgIpc) is 3.62. The Labute approximate surface area is 222 Å². The number of pyridine rings is 1. The van der Waals surface area contributed by atoms with Crippen molar-refractivity contribution in [3.63, 3.8) is 0 Å². The zero-order valence-electron chi connectivity index (χ0n) is 20.3. The Bertz CT molecular complexity index is 1720. The Balaban J connectivity index is 1.48. The van der Waals surface area contributed by atoms with E-state index < -0.39 is 0 Å². The molecule has 10 heteroatoms. The van der Waals surface area contributed by atoms with Crippen molar-refractivity contribution >= 4 is 22.6 Å². The molecule has 0 fully saturated rings. The average molecular weight is 527 g/mol. The van der Waals surface area contributed by atoms with Crippen LogP contribution >= 0.6 is 11.6 Å². The maximum Gasteiger partial charge on any atom is 0.245 e. The molecule has 0 aliphatic heterocycles. The quantitative estimate of drug-likeness (QED) is 0.304. The fourth-order valence-electron chi connectivity index (χ4n) is 4.65. The molecule has 6 aromatic rings. The zero-order valence-corrected chi connectivity index (χ0v) is 21.0. The van der Waals surface area contributed by atoms with Gasteiger partial charge in [0.2, 0.25) is 11.9 Å². The first-order valence-electron chi connectivity index (χ1n) is 11.9. The molecule has 1 N–H and O–H groups in total. The fraction of sp³-hybridized carbons (Fsp3) is 0.107. The first kappa shape index (κ1) is 23.7. The van der Waals surface area contributed by atoms with Crippen molar-refractivity contribution in [3.05, 3.63) is 119 Å². The molecule has 3 aromatic carbocycles. The van der Waals surface area contributed by atoms with Gasteiger partial charge in [-0.25, -0.2) is 9.37 Å². The van der Waals surface area contributed by atoms with Crippen LogP contribution in [-0.2, 0) is 6.42 Å². The van der Waals surface area contributed by atoms with Crippen molar-refractivity contribution in [1.29, 1.82) is 0 Å². The van der Waals surface area contributed by atoms with Crippen LogP contribution in [-0.4, -0.2) is 37.3 Å². The van der Waals surface area contributed by atoms with Crippen molar-refractivity contribution in [1.82, 2.24) is 30.2 Å². The molecule has 0 bridgehead atoms. The molecule has 0 amide bonds. The lowest BCUT2D eigenvalue weighted by Crippen LogP contribution is -2.46. The SMILES string of the molecule is CO[n+]1cc(-c2cc(Cl)ccc2-n2cnnn2)ccc1C(Cc1ccccc1)c1nc2cc(F)ccc2[nH]1. The lowest BCUT2D eigenvalue weighted by Gasteiger charge is -2.14. The van der Waals surface area contributed by atoms with Crippen molar-refractivity contribution in [2.24, 2.45) is 0 Å². The molecular weight excluding hydrogens is 505 g/mol. The van der Waals surface area contributed by atoms with Crippen LogP contribution < -0.4 is 9.57 Å². The number of tetrazole rings is 1. The molecule has 1 atom stereocenters. The van der Waals surface area contributed by atoms with Gasteiger partial charge in [0, 0.05) is 27.4 Å². The maximum absolute atomic E-state index is 13.9. The third kappa shape index (κ3) is 4.59. The second kappa shape index (κ2) is 10.0. The molecule has 0 saturated heterocycles. The molecule has 0 radical (unpaired) electrons. The number of aromatic amines is 1. The third-order valence-electron chi connectivity index (χ3n) is 6.44. The van der Waals surface area contributed by atoms with E-state index in [-0.39, 0.29) is 11.7 Å². The summed E-state index contributed by atoms with van der Waals surface area (Å²) >= 11 is 6.37. The van der Waals surface area contributed by atoms with Crippen molar-refractivity contribution in [2.75, 3.05) is 7.11 Å². The minimum atomic E-state index is -0.327. The second-order valence-electron chi connectivity index (χ2n) is 8.79. The monoisotopic (exact) mass is 526 g/mol. The van der Waals surface area contributed by atoms with E-state index in [1.165, 1.54) is 18.5 Å². The van der Waals surface area contributed by atoms with Gasteiger partial charge in [0.25, 0.3) is 0 Å². The molecule has 0 aliphatic rings. The van der Waals surface area contributed by atoms with Crippen molar-refractivity contribution in [3.8, 4) is 16.8 Å². The van der Waals surface area contributed by atoms with Crippen LogP contribution in [0.25, 0.3) is 27.8 Å². The normalized spacial score (nSPS) is 12.1. The summed E-state index contributed by atoms with van der Waals surface area (Å²) in [7, 11) is 1.61. The topological polar surface area (TPSA) is 85.4 Å². The summed E-state index contributed by atoms with van der Waals surface area (Å²) in [4.78, 5) is 14.0. The Hall–Kier alpha value is -4.63. The summed E-state index contributed by atoms with van der Waals surface area (Å²) < 4.78 is 17.2. The summed E-state index contributed by atoms with van der Waals surface area (Å²) in [5.74, 6) is 0.178. The number of benzene rings is 3.